The maximum atomic E-state index is 13.1. The van der Waals surface area contributed by atoms with Crippen LogP contribution in [0.4, 0.5) is 10.1 Å². The van der Waals surface area contributed by atoms with Gasteiger partial charge in [0.05, 0.1) is 23.2 Å². The van der Waals surface area contributed by atoms with Crippen LogP contribution in [0, 0.1) is 5.82 Å². The first kappa shape index (κ1) is 18.1. The van der Waals surface area contributed by atoms with Crippen molar-refractivity contribution in [3.63, 3.8) is 0 Å². The van der Waals surface area contributed by atoms with Gasteiger partial charge >= 0.3 is 5.97 Å². The summed E-state index contributed by atoms with van der Waals surface area (Å²) in [6, 6.07) is 10.7. The van der Waals surface area contributed by atoms with Gasteiger partial charge in [0.15, 0.2) is 5.78 Å². The number of aromatic carboxylic acids is 1. The van der Waals surface area contributed by atoms with Crippen LogP contribution in [0.2, 0.25) is 0 Å². The molecule has 2 aromatic rings. The summed E-state index contributed by atoms with van der Waals surface area (Å²) in [7, 11) is 0. The van der Waals surface area contributed by atoms with E-state index in [-0.39, 0.29) is 36.9 Å². The summed E-state index contributed by atoms with van der Waals surface area (Å²) in [5.74, 6) is -1.57. The lowest BCUT2D eigenvalue weighted by Crippen LogP contribution is -2.19. The maximum absolute atomic E-state index is 13.1. The summed E-state index contributed by atoms with van der Waals surface area (Å²) in [6.07, 6.45) is 0. The summed E-state index contributed by atoms with van der Waals surface area (Å²) in [4.78, 5) is 22.6. The zero-order chi connectivity index (χ0) is 17.5. The summed E-state index contributed by atoms with van der Waals surface area (Å²) in [5, 5.41) is 11.8. The molecule has 0 radical (unpaired) electrons. The number of hydrogen-bond acceptors (Lipinski definition) is 4. The van der Waals surface area contributed by atoms with Crippen molar-refractivity contribution >= 4 is 33.4 Å². The van der Waals surface area contributed by atoms with Crippen molar-refractivity contribution in [1.82, 2.24) is 0 Å². The Morgan fingerprint density at radius 2 is 2.00 bits per heavy atom. The van der Waals surface area contributed by atoms with Gasteiger partial charge in [-0.2, -0.15) is 0 Å². The number of rotatable bonds is 8. The first-order chi connectivity index (χ1) is 11.5. The Hall–Kier alpha value is -2.25. The molecule has 7 heteroatoms. The normalized spacial score (nSPS) is 10.4. The molecule has 2 N–H and O–H groups in total. The number of carbonyl (C=O) groups excluding carboxylic acids is 1. The highest BCUT2D eigenvalue weighted by molar-refractivity contribution is 9.10. The van der Waals surface area contributed by atoms with Crippen LogP contribution in [-0.4, -0.2) is 30.0 Å². The topological polar surface area (TPSA) is 75.6 Å². The lowest BCUT2D eigenvalue weighted by molar-refractivity contribution is -0.122. The molecule has 0 aromatic heterocycles. The molecule has 0 spiro atoms. The molecular formula is C17H15BrFNO4. The van der Waals surface area contributed by atoms with Gasteiger partial charge in [0.2, 0.25) is 0 Å². The van der Waals surface area contributed by atoms with Crippen molar-refractivity contribution in [2.24, 2.45) is 0 Å². The van der Waals surface area contributed by atoms with Crippen molar-refractivity contribution in [2.75, 3.05) is 18.5 Å². The standard InChI is InChI=1S/C17H15BrFNO4/c18-15-6-11(4-5-16(15)19)9-24-10-14(21)8-20-13-3-1-2-12(7-13)17(22)23/h1-7,20H,8-10H2,(H,22,23). The van der Waals surface area contributed by atoms with E-state index in [9.17, 15) is 14.0 Å². The van der Waals surface area contributed by atoms with Gasteiger partial charge < -0.3 is 15.2 Å². The Labute approximate surface area is 146 Å². The minimum atomic E-state index is -1.03. The number of ether oxygens (including phenoxy) is 1. The number of benzene rings is 2. The Balaban J connectivity index is 1.76. The number of carboxylic acid groups (broad SMARTS) is 1. The van der Waals surface area contributed by atoms with Crippen LogP contribution in [0.3, 0.4) is 0 Å². The van der Waals surface area contributed by atoms with E-state index in [1.165, 1.54) is 18.2 Å². The molecule has 0 aliphatic heterocycles. The van der Waals surface area contributed by atoms with Gasteiger partial charge in [-0.1, -0.05) is 12.1 Å². The minimum absolute atomic E-state index is 0.0240. The van der Waals surface area contributed by atoms with Crippen LogP contribution in [-0.2, 0) is 16.1 Å². The predicted octanol–water partition coefficient (Wildman–Crippen LogP) is 3.48. The third kappa shape index (κ3) is 5.43. The Bertz CT molecular complexity index is 751. The van der Waals surface area contributed by atoms with E-state index in [4.69, 9.17) is 9.84 Å². The van der Waals surface area contributed by atoms with Crippen molar-refractivity contribution < 1.29 is 23.8 Å². The number of carbonyl (C=O) groups is 2. The molecule has 0 amide bonds. The zero-order valence-corrected chi connectivity index (χ0v) is 14.2. The minimum Gasteiger partial charge on any atom is -0.478 e. The van der Waals surface area contributed by atoms with Crippen molar-refractivity contribution in [3.8, 4) is 0 Å². The molecule has 0 heterocycles. The third-order valence-corrected chi connectivity index (χ3v) is 3.72. The quantitative estimate of drug-likeness (QED) is 0.715. The van der Waals surface area contributed by atoms with Crippen LogP contribution < -0.4 is 5.32 Å². The average Bonchev–Trinajstić information content (AvgIpc) is 2.56. The smallest absolute Gasteiger partial charge is 0.335 e. The molecule has 0 saturated heterocycles. The highest BCUT2D eigenvalue weighted by atomic mass is 79.9. The summed E-state index contributed by atoms with van der Waals surface area (Å²) in [5.41, 5.74) is 1.44. The second-order valence-electron chi connectivity index (χ2n) is 5.02. The predicted molar refractivity (Wildman–Crippen MR) is 90.7 cm³/mol. The van der Waals surface area contributed by atoms with Gasteiger partial charge in [0.1, 0.15) is 12.4 Å². The van der Waals surface area contributed by atoms with Crippen LogP contribution >= 0.6 is 15.9 Å². The van der Waals surface area contributed by atoms with Gasteiger partial charge in [-0.15, -0.1) is 0 Å². The Kier molecular flexibility index (Phi) is 6.45. The highest BCUT2D eigenvalue weighted by Crippen LogP contribution is 2.17. The number of carboxylic acids is 1. The third-order valence-electron chi connectivity index (χ3n) is 3.11. The van der Waals surface area contributed by atoms with E-state index in [2.05, 4.69) is 21.2 Å². The van der Waals surface area contributed by atoms with E-state index in [0.29, 0.717) is 10.2 Å². The average molecular weight is 396 g/mol. The molecule has 0 atom stereocenters. The van der Waals surface area contributed by atoms with Gasteiger partial charge in [-0.25, -0.2) is 9.18 Å². The molecule has 5 nitrogen and oxygen atoms in total. The van der Waals surface area contributed by atoms with Crippen LogP contribution in [0.25, 0.3) is 0 Å². The molecule has 0 aliphatic carbocycles. The lowest BCUT2D eigenvalue weighted by Gasteiger charge is -2.08. The largest absolute Gasteiger partial charge is 0.478 e. The monoisotopic (exact) mass is 395 g/mol. The fourth-order valence-corrected chi connectivity index (χ4v) is 2.35. The fraction of sp³-hybridized carbons (Fsp3) is 0.176. The molecule has 0 unspecified atom stereocenters. The number of Topliss-reactive ketones (excluding diaryl/α,β-unsaturated/α-hetero) is 1. The first-order valence-electron chi connectivity index (χ1n) is 7.06. The summed E-state index contributed by atoms with van der Waals surface area (Å²) >= 11 is 3.08. The van der Waals surface area contributed by atoms with Gasteiger partial charge in [0, 0.05) is 5.69 Å². The molecule has 0 aliphatic rings. The summed E-state index contributed by atoms with van der Waals surface area (Å²) in [6.45, 7) is 0.121. The van der Waals surface area contributed by atoms with Crippen LogP contribution in [0.1, 0.15) is 15.9 Å². The van der Waals surface area contributed by atoms with Crippen molar-refractivity contribution in [3.05, 3.63) is 63.9 Å². The molecule has 0 bridgehead atoms. The first-order valence-corrected chi connectivity index (χ1v) is 7.85. The molecule has 24 heavy (non-hydrogen) atoms. The van der Waals surface area contributed by atoms with Crippen LogP contribution in [0.15, 0.2) is 46.9 Å². The highest BCUT2D eigenvalue weighted by Gasteiger charge is 2.06. The second-order valence-corrected chi connectivity index (χ2v) is 5.87. The fourth-order valence-electron chi connectivity index (χ4n) is 1.93. The molecule has 0 saturated carbocycles. The Morgan fingerprint density at radius 3 is 2.71 bits per heavy atom. The molecule has 2 rings (SSSR count). The van der Waals surface area contributed by atoms with Gasteiger partial charge in [0.25, 0.3) is 0 Å². The van der Waals surface area contributed by atoms with Crippen molar-refractivity contribution in [1.29, 1.82) is 0 Å². The van der Waals surface area contributed by atoms with E-state index < -0.39 is 5.97 Å². The van der Waals surface area contributed by atoms with Gasteiger partial charge in [-0.05, 0) is 51.8 Å². The number of ketones is 1. The second kappa shape index (κ2) is 8.56. The number of nitrogens with one attached hydrogen (secondary N) is 1. The van der Waals surface area contributed by atoms with E-state index in [1.54, 1.807) is 24.3 Å². The van der Waals surface area contributed by atoms with E-state index in [1.807, 2.05) is 0 Å². The van der Waals surface area contributed by atoms with Crippen LogP contribution in [0.5, 0.6) is 0 Å². The van der Waals surface area contributed by atoms with E-state index >= 15 is 0 Å². The Morgan fingerprint density at radius 1 is 1.21 bits per heavy atom. The number of anilines is 1. The van der Waals surface area contributed by atoms with Gasteiger partial charge in [-0.3, -0.25) is 4.79 Å². The summed E-state index contributed by atoms with van der Waals surface area (Å²) < 4.78 is 18.7. The molecule has 2 aromatic carbocycles. The molecule has 0 fully saturated rings. The van der Waals surface area contributed by atoms with E-state index in [0.717, 1.165) is 5.56 Å². The maximum Gasteiger partial charge on any atom is 0.335 e. The molecular weight excluding hydrogens is 381 g/mol. The number of halogens is 2. The molecule has 126 valence electrons. The van der Waals surface area contributed by atoms with Crippen molar-refractivity contribution in [2.45, 2.75) is 6.61 Å². The zero-order valence-electron chi connectivity index (χ0n) is 12.6. The number of hydrogen-bond donors (Lipinski definition) is 2. The SMILES string of the molecule is O=C(CNc1cccc(C(=O)O)c1)COCc1ccc(F)c(Br)c1. The lowest BCUT2D eigenvalue weighted by atomic mass is 10.2.